The summed E-state index contributed by atoms with van der Waals surface area (Å²) in [5.41, 5.74) is 0. The standard InChI is InChI=1S/C22H42O7S/c1-2-3-19-28-22(24)18-14-9-7-5-4-6-8-12-16-21(23)17-13-10-11-15-20-29-30(25,26)27/h8,12,21,23H,2-7,9-11,13-20H2,1H3,(H,25,26,27)/b12-8-/t21-/m0/s1. The Labute approximate surface area is 183 Å². The summed E-state index contributed by atoms with van der Waals surface area (Å²) in [7, 11) is -4.33. The van der Waals surface area contributed by atoms with Gasteiger partial charge in [0.05, 0.1) is 19.3 Å². The van der Waals surface area contributed by atoms with Crippen LogP contribution in [0, 0.1) is 0 Å². The molecule has 178 valence electrons. The fourth-order valence-corrected chi connectivity index (χ4v) is 3.28. The van der Waals surface area contributed by atoms with Gasteiger partial charge < -0.3 is 9.84 Å². The van der Waals surface area contributed by atoms with Gasteiger partial charge in [0.15, 0.2) is 0 Å². The third-order valence-corrected chi connectivity index (χ3v) is 5.22. The fraction of sp³-hybridized carbons (Fsp3) is 0.864. The lowest BCUT2D eigenvalue weighted by atomic mass is 10.1. The van der Waals surface area contributed by atoms with Crippen LogP contribution in [0.5, 0.6) is 0 Å². The van der Waals surface area contributed by atoms with Gasteiger partial charge in [0.1, 0.15) is 0 Å². The monoisotopic (exact) mass is 450 g/mol. The molecule has 7 nitrogen and oxygen atoms in total. The molecule has 0 amide bonds. The Morgan fingerprint density at radius 2 is 1.57 bits per heavy atom. The lowest BCUT2D eigenvalue weighted by molar-refractivity contribution is -0.143. The van der Waals surface area contributed by atoms with Gasteiger partial charge in [-0.2, -0.15) is 8.42 Å². The van der Waals surface area contributed by atoms with Crippen molar-refractivity contribution in [1.82, 2.24) is 0 Å². The van der Waals surface area contributed by atoms with E-state index in [1.54, 1.807) is 0 Å². The Morgan fingerprint density at radius 3 is 2.30 bits per heavy atom. The van der Waals surface area contributed by atoms with E-state index in [1.165, 1.54) is 0 Å². The second-order valence-corrected chi connectivity index (χ2v) is 8.79. The van der Waals surface area contributed by atoms with E-state index in [2.05, 4.69) is 17.2 Å². The minimum atomic E-state index is -4.33. The van der Waals surface area contributed by atoms with Crippen molar-refractivity contribution < 1.29 is 31.8 Å². The van der Waals surface area contributed by atoms with E-state index in [0.717, 1.165) is 77.0 Å². The normalized spacial score (nSPS) is 13.0. The van der Waals surface area contributed by atoms with Gasteiger partial charge in [-0.3, -0.25) is 9.35 Å². The molecule has 0 aromatic carbocycles. The Hall–Kier alpha value is -0.960. The van der Waals surface area contributed by atoms with Crippen LogP contribution >= 0.6 is 0 Å². The maximum atomic E-state index is 11.5. The zero-order chi connectivity index (χ0) is 22.5. The summed E-state index contributed by atoms with van der Waals surface area (Å²) < 4.78 is 38.5. The van der Waals surface area contributed by atoms with Crippen LogP contribution in [0.15, 0.2) is 12.2 Å². The van der Waals surface area contributed by atoms with Crippen molar-refractivity contribution in [2.45, 2.75) is 109 Å². The highest BCUT2D eigenvalue weighted by Gasteiger charge is 2.04. The molecule has 1 atom stereocenters. The number of ether oxygens (including phenoxy) is 1. The average Bonchev–Trinajstić information content (AvgIpc) is 2.68. The van der Waals surface area contributed by atoms with Crippen LogP contribution in [0.3, 0.4) is 0 Å². The van der Waals surface area contributed by atoms with E-state index >= 15 is 0 Å². The Bertz CT molecular complexity index is 532. The van der Waals surface area contributed by atoms with Crippen molar-refractivity contribution in [2.24, 2.45) is 0 Å². The van der Waals surface area contributed by atoms with E-state index in [-0.39, 0.29) is 18.7 Å². The van der Waals surface area contributed by atoms with E-state index < -0.39 is 10.4 Å². The molecule has 0 aromatic rings. The van der Waals surface area contributed by atoms with Crippen LogP contribution in [0.2, 0.25) is 0 Å². The number of aliphatic hydroxyl groups excluding tert-OH is 1. The molecule has 0 rings (SSSR count). The Balaban J connectivity index is 3.38. The predicted molar refractivity (Wildman–Crippen MR) is 119 cm³/mol. The lowest BCUT2D eigenvalue weighted by Crippen LogP contribution is -2.05. The third-order valence-electron chi connectivity index (χ3n) is 4.75. The Kier molecular flexibility index (Phi) is 19.3. The van der Waals surface area contributed by atoms with Crippen molar-refractivity contribution in [3.8, 4) is 0 Å². The van der Waals surface area contributed by atoms with Gasteiger partial charge in [0.2, 0.25) is 0 Å². The molecule has 0 aliphatic carbocycles. The summed E-state index contributed by atoms with van der Waals surface area (Å²) in [6.45, 7) is 2.62. The molecule has 0 fully saturated rings. The van der Waals surface area contributed by atoms with Crippen LogP contribution in [-0.2, 0) is 24.1 Å². The maximum absolute atomic E-state index is 11.5. The Morgan fingerprint density at radius 1 is 0.900 bits per heavy atom. The molecule has 0 radical (unpaired) electrons. The lowest BCUT2D eigenvalue weighted by Gasteiger charge is -2.07. The van der Waals surface area contributed by atoms with Gasteiger partial charge in [0.25, 0.3) is 0 Å². The number of hydrogen-bond donors (Lipinski definition) is 2. The van der Waals surface area contributed by atoms with Crippen LogP contribution in [-0.4, -0.2) is 43.4 Å². The molecular formula is C22H42O7S. The summed E-state index contributed by atoms with van der Waals surface area (Å²) in [4.78, 5) is 11.5. The molecule has 0 spiro atoms. The van der Waals surface area contributed by atoms with Gasteiger partial charge in [-0.05, 0) is 44.9 Å². The number of carbonyl (C=O) groups is 1. The molecule has 0 aromatic heterocycles. The van der Waals surface area contributed by atoms with Crippen molar-refractivity contribution in [3.05, 3.63) is 12.2 Å². The van der Waals surface area contributed by atoms with Crippen LogP contribution < -0.4 is 0 Å². The molecule has 0 heterocycles. The first-order chi connectivity index (χ1) is 14.3. The maximum Gasteiger partial charge on any atom is 0.397 e. The number of rotatable bonds is 21. The largest absolute Gasteiger partial charge is 0.466 e. The summed E-state index contributed by atoms with van der Waals surface area (Å²) in [6.07, 6.45) is 17.3. The minimum absolute atomic E-state index is 0.00425. The molecule has 2 N–H and O–H groups in total. The van der Waals surface area contributed by atoms with Crippen molar-refractivity contribution >= 4 is 16.4 Å². The van der Waals surface area contributed by atoms with Gasteiger partial charge in [-0.1, -0.05) is 64.0 Å². The first-order valence-corrected chi connectivity index (χ1v) is 12.8. The number of hydrogen-bond acceptors (Lipinski definition) is 6. The summed E-state index contributed by atoms with van der Waals surface area (Å²) in [5, 5.41) is 9.95. The van der Waals surface area contributed by atoms with Crippen molar-refractivity contribution in [2.75, 3.05) is 13.2 Å². The molecule has 0 aliphatic rings. The second kappa shape index (κ2) is 20.0. The van der Waals surface area contributed by atoms with E-state index in [4.69, 9.17) is 9.29 Å². The van der Waals surface area contributed by atoms with E-state index in [0.29, 0.717) is 25.9 Å². The quantitative estimate of drug-likeness (QED) is 0.108. The van der Waals surface area contributed by atoms with Crippen molar-refractivity contribution in [3.63, 3.8) is 0 Å². The smallest absolute Gasteiger partial charge is 0.397 e. The SMILES string of the molecule is CCCCOC(=O)CCCCCCC/C=C\C[C@H](O)CCCCCCOS(=O)(=O)O. The van der Waals surface area contributed by atoms with Crippen LogP contribution in [0.4, 0.5) is 0 Å². The number of allylic oxidation sites excluding steroid dienone is 1. The van der Waals surface area contributed by atoms with Crippen LogP contribution in [0.1, 0.15) is 103 Å². The highest BCUT2D eigenvalue weighted by Crippen LogP contribution is 2.11. The molecule has 0 unspecified atom stereocenters. The topological polar surface area (TPSA) is 110 Å². The molecule has 0 aliphatic heterocycles. The van der Waals surface area contributed by atoms with Gasteiger partial charge in [-0.25, -0.2) is 4.18 Å². The summed E-state index contributed by atoms with van der Waals surface area (Å²) in [5.74, 6) is -0.0730. The molecule has 0 saturated heterocycles. The molecule has 0 saturated carbocycles. The van der Waals surface area contributed by atoms with Crippen molar-refractivity contribution in [1.29, 1.82) is 0 Å². The first kappa shape index (κ1) is 29.0. The summed E-state index contributed by atoms with van der Waals surface area (Å²) in [6, 6.07) is 0. The highest BCUT2D eigenvalue weighted by molar-refractivity contribution is 7.80. The van der Waals surface area contributed by atoms with E-state index in [1.807, 2.05) is 6.08 Å². The van der Waals surface area contributed by atoms with Gasteiger partial charge in [-0.15, -0.1) is 0 Å². The van der Waals surface area contributed by atoms with Crippen LogP contribution in [0.25, 0.3) is 0 Å². The highest BCUT2D eigenvalue weighted by atomic mass is 32.3. The number of carbonyl (C=O) groups excluding carboxylic acids is 1. The summed E-state index contributed by atoms with van der Waals surface area (Å²) >= 11 is 0. The number of unbranched alkanes of at least 4 members (excludes halogenated alkanes) is 9. The second-order valence-electron chi connectivity index (χ2n) is 7.69. The zero-order valence-corrected chi connectivity index (χ0v) is 19.4. The van der Waals surface area contributed by atoms with E-state index in [9.17, 15) is 18.3 Å². The number of aliphatic hydroxyl groups is 1. The van der Waals surface area contributed by atoms with Gasteiger partial charge >= 0.3 is 16.4 Å². The zero-order valence-electron chi connectivity index (χ0n) is 18.6. The number of esters is 1. The third kappa shape index (κ3) is 23.3. The minimum Gasteiger partial charge on any atom is -0.466 e. The molecule has 0 bridgehead atoms. The molecule has 30 heavy (non-hydrogen) atoms. The molecular weight excluding hydrogens is 408 g/mol. The predicted octanol–water partition coefficient (Wildman–Crippen LogP) is 5.14. The fourth-order valence-electron chi connectivity index (χ4n) is 2.95. The molecule has 8 heteroatoms. The van der Waals surface area contributed by atoms with Gasteiger partial charge in [0, 0.05) is 6.42 Å². The average molecular weight is 451 g/mol. The first-order valence-electron chi connectivity index (χ1n) is 11.5.